The number of thioether (sulfide) groups is 1. The average molecular weight is 252 g/mol. The van der Waals surface area contributed by atoms with Gasteiger partial charge in [0.05, 0.1) is 5.25 Å². The van der Waals surface area contributed by atoms with Crippen molar-refractivity contribution >= 4 is 17.7 Å². The Balaban J connectivity index is 2.56. The number of hydrogen-bond donors (Lipinski definition) is 2. The molecule has 17 heavy (non-hydrogen) atoms. The van der Waals surface area contributed by atoms with Gasteiger partial charge in [0.15, 0.2) is 0 Å². The van der Waals surface area contributed by atoms with Crippen LogP contribution in [0.2, 0.25) is 0 Å². The van der Waals surface area contributed by atoms with Crippen molar-refractivity contribution in [2.45, 2.75) is 36.5 Å². The molecular weight excluding hydrogens is 232 g/mol. The molecule has 1 unspecified atom stereocenters. The number of hydrogen-bond acceptors (Lipinski definition) is 3. The first-order valence-corrected chi connectivity index (χ1v) is 6.77. The lowest BCUT2D eigenvalue weighted by atomic mass is 10.2. The predicted molar refractivity (Wildman–Crippen MR) is 73.0 cm³/mol. The van der Waals surface area contributed by atoms with Gasteiger partial charge in [-0.25, -0.2) is 0 Å². The van der Waals surface area contributed by atoms with Crippen LogP contribution in [0.1, 0.15) is 20.3 Å². The number of benzene rings is 1. The van der Waals surface area contributed by atoms with E-state index in [9.17, 15) is 4.79 Å². The molecular formula is C13H20N2OS. The molecule has 94 valence electrons. The largest absolute Gasteiger partial charge is 0.351 e. The summed E-state index contributed by atoms with van der Waals surface area (Å²) >= 11 is 1.60. The van der Waals surface area contributed by atoms with E-state index in [1.807, 2.05) is 44.2 Å². The number of rotatable bonds is 6. The van der Waals surface area contributed by atoms with E-state index < -0.39 is 0 Å². The van der Waals surface area contributed by atoms with Crippen LogP contribution in [0.5, 0.6) is 0 Å². The van der Waals surface area contributed by atoms with Crippen molar-refractivity contribution in [3.63, 3.8) is 0 Å². The third kappa shape index (κ3) is 4.79. The lowest BCUT2D eigenvalue weighted by molar-refractivity contribution is -0.121. The third-order valence-electron chi connectivity index (χ3n) is 2.43. The minimum atomic E-state index is -0.0496. The minimum Gasteiger partial charge on any atom is -0.351 e. The van der Waals surface area contributed by atoms with E-state index in [1.54, 1.807) is 11.8 Å². The van der Waals surface area contributed by atoms with Crippen molar-refractivity contribution in [1.29, 1.82) is 0 Å². The van der Waals surface area contributed by atoms with Crippen molar-refractivity contribution in [3.05, 3.63) is 30.3 Å². The quantitative estimate of drug-likeness (QED) is 0.762. The summed E-state index contributed by atoms with van der Waals surface area (Å²) in [5, 5.41) is 2.87. The Morgan fingerprint density at radius 3 is 2.59 bits per heavy atom. The summed E-state index contributed by atoms with van der Waals surface area (Å²) in [6, 6.07) is 10.0. The lowest BCUT2D eigenvalue weighted by Crippen LogP contribution is -2.42. The second-order valence-electron chi connectivity index (χ2n) is 3.97. The molecule has 1 aromatic carbocycles. The summed E-state index contributed by atoms with van der Waals surface area (Å²) in [5.41, 5.74) is 5.49. The Labute approximate surface area is 107 Å². The number of nitrogens with two attached hydrogens (primary N) is 1. The Kier molecular flexibility index (Phi) is 6.08. The van der Waals surface area contributed by atoms with Crippen molar-refractivity contribution in [2.24, 2.45) is 5.73 Å². The Hall–Kier alpha value is -1.00. The summed E-state index contributed by atoms with van der Waals surface area (Å²) in [4.78, 5) is 13.1. The molecule has 0 aliphatic heterocycles. The summed E-state index contributed by atoms with van der Waals surface area (Å²) in [6.07, 6.45) is 0.808. The van der Waals surface area contributed by atoms with Crippen LogP contribution >= 0.6 is 11.8 Å². The smallest absolute Gasteiger partial charge is 0.233 e. The Morgan fingerprint density at radius 2 is 2.06 bits per heavy atom. The fourth-order valence-electron chi connectivity index (χ4n) is 1.38. The summed E-state index contributed by atoms with van der Waals surface area (Å²) in [6.45, 7) is 4.41. The average Bonchev–Trinajstić information content (AvgIpc) is 2.36. The molecule has 1 aromatic rings. The molecule has 1 rings (SSSR count). The number of nitrogens with one attached hydrogen (secondary N) is 1. The van der Waals surface area contributed by atoms with E-state index in [0.717, 1.165) is 11.3 Å². The molecule has 3 nitrogen and oxygen atoms in total. The zero-order chi connectivity index (χ0) is 12.7. The van der Waals surface area contributed by atoms with Gasteiger partial charge in [-0.05, 0) is 25.5 Å². The van der Waals surface area contributed by atoms with Gasteiger partial charge in [-0.2, -0.15) is 0 Å². The normalized spacial score (nSPS) is 14.1. The maximum absolute atomic E-state index is 12.0. The zero-order valence-corrected chi connectivity index (χ0v) is 11.2. The molecule has 0 heterocycles. The van der Waals surface area contributed by atoms with Crippen molar-refractivity contribution < 1.29 is 4.79 Å². The van der Waals surface area contributed by atoms with Crippen molar-refractivity contribution in [3.8, 4) is 0 Å². The highest BCUT2D eigenvalue weighted by molar-refractivity contribution is 8.00. The minimum absolute atomic E-state index is 0.0351. The topological polar surface area (TPSA) is 55.1 Å². The van der Waals surface area contributed by atoms with Gasteiger partial charge in [0.2, 0.25) is 5.91 Å². The number of amides is 1. The van der Waals surface area contributed by atoms with Gasteiger partial charge in [0.1, 0.15) is 0 Å². The van der Waals surface area contributed by atoms with Gasteiger partial charge in [-0.1, -0.05) is 25.1 Å². The SMILES string of the molecule is CCC(Sc1ccccc1)C(=O)N[C@@H](C)CN. The van der Waals surface area contributed by atoms with Gasteiger partial charge >= 0.3 is 0 Å². The number of carbonyl (C=O) groups excluding carboxylic acids is 1. The molecule has 0 aliphatic rings. The van der Waals surface area contributed by atoms with E-state index in [4.69, 9.17) is 5.73 Å². The Morgan fingerprint density at radius 1 is 1.41 bits per heavy atom. The van der Waals surface area contributed by atoms with Crippen LogP contribution in [0.25, 0.3) is 0 Å². The molecule has 0 bridgehead atoms. The molecule has 0 saturated carbocycles. The highest BCUT2D eigenvalue weighted by Crippen LogP contribution is 2.25. The molecule has 0 saturated heterocycles. The Bertz CT molecular complexity index is 343. The van der Waals surface area contributed by atoms with Gasteiger partial charge in [0, 0.05) is 17.5 Å². The van der Waals surface area contributed by atoms with Crippen LogP contribution < -0.4 is 11.1 Å². The molecule has 4 heteroatoms. The van der Waals surface area contributed by atoms with Gasteiger partial charge in [-0.15, -0.1) is 11.8 Å². The summed E-state index contributed by atoms with van der Waals surface area (Å²) in [7, 11) is 0. The summed E-state index contributed by atoms with van der Waals surface area (Å²) in [5.74, 6) is 0.0688. The van der Waals surface area contributed by atoms with Crippen LogP contribution in [-0.2, 0) is 4.79 Å². The molecule has 0 fully saturated rings. The van der Waals surface area contributed by atoms with E-state index in [2.05, 4.69) is 5.32 Å². The first-order valence-electron chi connectivity index (χ1n) is 5.89. The monoisotopic (exact) mass is 252 g/mol. The van der Waals surface area contributed by atoms with Crippen LogP contribution in [-0.4, -0.2) is 23.7 Å². The zero-order valence-electron chi connectivity index (χ0n) is 10.3. The molecule has 2 atom stereocenters. The van der Waals surface area contributed by atoms with E-state index >= 15 is 0 Å². The number of carbonyl (C=O) groups is 1. The van der Waals surface area contributed by atoms with Crippen molar-refractivity contribution in [2.75, 3.05) is 6.54 Å². The van der Waals surface area contributed by atoms with Crippen LogP contribution in [0, 0.1) is 0 Å². The van der Waals surface area contributed by atoms with Gasteiger partial charge < -0.3 is 11.1 Å². The van der Waals surface area contributed by atoms with Crippen LogP contribution in [0.15, 0.2) is 35.2 Å². The summed E-state index contributed by atoms with van der Waals surface area (Å²) < 4.78 is 0. The van der Waals surface area contributed by atoms with Crippen LogP contribution in [0.4, 0.5) is 0 Å². The molecule has 0 aliphatic carbocycles. The predicted octanol–water partition coefficient (Wildman–Crippen LogP) is 2.02. The maximum Gasteiger partial charge on any atom is 0.233 e. The highest BCUT2D eigenvalue weighted by atomic mass is 32.2. The van der Waals surface area contributed by atoms with E-state index in [-0.39, 0.29) is 17.2 Å². The molecule has 0 spiro atoms. The molecule has 1 amide bonds. The fraction of sp³-hybridized carbons (Fsp3) is 0.462. The van der Waals surface area contributed by atoms with Crippen molar-refractivity contribution in [1.82, 2.24) is 5.32 Å². The molecule has 3 N–H and O–H groups in total. The second kappa shape index (κ2) is 7.35. The van der Waals surface area contributed by atoms with Crippen LogP contribution in [0.3, 0.4) is 0 Å². The first kappa shape index (κ1) is 14.1. The standard InChI is InChI=1S/C13H20N2OS/c1-3-12(13(16)15-10(2)9-14)17-11-7-5-4-6-8-11/h4-8,10,12H,3,9,14H2,1-2H3,(H,15,16)/t10-,12?/m0/s1. The first-order chi connectivity index (χ1) is 8.17. The third-order valence-corrected chi connectivity index (χ3v) is 3.80. The maximum atomic E-state index is 12.0. The second-order valence-corrected chi connectivity index (χ2v) is 5.25. The molecule has 0 aromatic heterocycles. The highest BCUT2D eigenvalue weighted by Gasteiger charge is 2.18. The van der Waals surface area contributed by atoms with Gasteiger partial charge in [0.25, 0.3) is 0 Å². The van der Waals surface area contributed by atoms with Gasteiger partial charge in [-0.3, -0.25) is 4.79 Å². The van der Waals surface area contributed by atoms with E-state index in [1.165, 1.54) is 0 Å². The van der Waals surface area contributed by atoms with E-state index in [0.29, 0.717) is 6.54 Å². The molecule has 0 radical (unpaired) electrons. The lowest BCUT2D eigenvalue weighted by Gasteiger charge is -2.17. The fourth-order valence-corrected chi connectivity index (χ4v) is 2.36.